The van der Waals surface area contributed by atoms with Gasteiger partial charge in [0, 0.05) is 12.5 Å². The van der Waals surface area contributed by atoms with Gasteiger partial charge in [-0.1, -0.05) is 39.0 Å². The monoisotopic (exact) mass is 393 g/mol. The van der Waals surface area contributed by atoms with Crippen molar-refractivity contribution in [2.45, 2.75) is 26.2 Å². The topological polar surface area (TPSA) is 141 Å². The number of azo groups is 1. The van der Waals surface area contributed by atoms with Crippen molar-refractivity contribution >= 4 is 11.5 Å². The van der Waals surface area contributed by atoms with Crippen molar-refractivity contribution in [2.24, 2.45) is 17.3 Å². The molecule has 0 saturated carbocycles. The second kappa shape index (κ2) is 7.20. The Bertz CT molecular complexity index is 1250. The lowest BCUT2D eigenvalue weighted by Crippen LogP contribution is -2.37. The minimum atomic E-state index is -0.842. The van der Waals surface area contributed by atoms with Gasteiger partial charge in [-0.15, -0.1) is 10.2 Å². The van der Waals surface area contributed by atoms with Crippen LogP contribution >= 0.6 is 0 Å². The predicted octanol–water partition coefficient (Wildman–Crippen LogP) is 2.55. The summed E-state index contributed by atoms with van der Waals surface area (Å²) in [5.41, 5.74) is -1.32. The summed E-state index contributed by atoms with van der Waals surface area (Å²) < 4.78 is 1.77. The van der Waals surface area contributed by atoms with Crippen LogP contribution in [0.4, 0.5) is 11.5 Å². The molecule has 0 radical (unpaired) electrons. The highest BCUT2D eigenvalue weighted by atomic mass is 16.3. The molecule has 29 heavy (non-hydrogen) atoms. The Morgan fingerprint density at radius 1 is 1.17 bits per heavy atom. The van der Waals surface area contributed by atoms with Gasteiger partial charge in [0.05, 0.1) is 11.4 Å². The molecule has 0 aliphatic heterocycles. The maximum atomic E-state index is 12.8. The highest BCUT2D eigenvalue weighted by Gasteiger charge is 2.24. The number of H-pyrrole nitrogens is 1. The van der Waals surface area contributed by atoms with E-state index >= 15 is 0 Å². The third-order valence-electron chi connectivity index (χ3n) is 4.28. The Morgan fingerprint density at radius 3 is 2.41 bits per heavy atom. The molecule has 3 aromatic rings. The number of nitrogens with zero attached hydrogens (tertiary/aromatic N) is 6. The highest BCUT2D eigenvalue weighted by molar-refractivity contribution is 5.53. The number of nitriles is 1. The van der Waals surface area contributed by atoms with Gasteiger partial charge in [0.25, 0.3) is 5.56 Å². The first-order chi connectivity index (χ1) is 13.7. The Hall–Kier alpha value is -4.00. The van der Waals surface area contributed by atoms with E-state index in [1.165, 1.54) is 7.05 Å². The molecule has 0 fully saturated rings. The number of rotatable bonds is 3. The van der Waals surface area contributed by atoms with E-state index < -0.39 is 22.8 Å². The SMILES string of the molecule is Cn1c(O)c(N=Nc2n[nH]c(C(C)(C)C)c2C#N)c(=O)n(-c2ccccc2)c1=O. The molecule has 0 amide bonds. The predicted molar refractivity (Wildman–Crippen MR) is 105 cm³/mol. The fourth-order valence-electron chi connectivity index (χ4n) is 2.73. The van der Waals surface area contributed by atoms with Crippen LogP contribution in [0.25, 0.3) is 5.69 Å². The minimum Gasteiger partial charge on any atom is -0.493 e. The number of hydrogen-bond acceptors (Lipinski definition) is 7. The van der Waals surface area contributed by atoms with Crippen LogP contribution in [0.3, 0.4) is 0 Å². The number of aromatic amines is 1. The van der Waals surface area contributed by atoms with Crippen molar-refractivity contribution in [3.05, 3.63) is 62.4 Å². The highest BCUT2D eigenvalue weighted by Crippen LogP contribution is 2.30. The van der Waals surface area contributed by atoms with Gasteiger partial charge in [-0.25, -0.2) is 9.36 Å². The van der Waals surface area contributed by atoms with Crippen LogP contribution in [0.5, 0.6) is 5.88 Å². The van der Waals surface area contributed by atoms with Gasteiger partial charge in [-0.2, -0.15) is 10.4 Å². The minimum absolute atomic E-state index is 0.0173. The number of aromatic hydroxyl groups is 1. The van der Waals surface area contributed by atoms with Crippen LogP contribution in [0.2, 0.25) is 0 Å². The Kier molecular flexibility index (Phi) is 4.90. The molecule has 0 atom stereocenters. The van der Waals surface area contributed by atoms with Crippen molar-refractivity contribution in [3.63, 3.8) is 0 Å². The molecule has 10 nitrogen and oxygen atoms in total. The summed E-state index contributed by atoms with van der Waals surface area (Å²) in [5, 5.41) is 34.2. The smallest absolute Gasteiger partial charge is 0.338 e. The zero-order chi connectivity index (χ0) is 21.3. The van der Waals surface area contributed by atoms with E-state index in [-0.39, 0.29) is 16.8 Å². The Labute approximate surface area is 165 Å². The number of hydrogen-bond donors (Lipinski definition) is 2. The van der Waals surface area contributed by atoms with Crippen molar-refractivity contribution in [3.8, 4) is 17.6 Å². The molecule has 148 valence electrons. The van der Waals surface area contributed by atoms with Crippen LogP contribution in [0.1, 0.15) is 32.0 Å². The molecule has 0 bridgehead atoms. The lowest BCUT2D eigenvalue weighted by atomic mass is 9.90. The average Bonchev–Trinajstić information content (AvgIpc) is 3.10. The van der Waals surface area contributed by atoms with Gasteiger partial charge in [-0.05, 0) is 12.1 Å². The van der Waals surface area contributed by atoms with E-state index in [9.17, 15) is 20.0 Å². The van der Waals surface area contributed by atoms with Crippen LogP contribution in [0, 0.1) is 11.3 Å². The van der Waals surface area contributed by atoms with Gasteiger partial charge in [0.15, 0.2) is 0 Å². The van der Waals surface area contributed by atoms with Gasteiger partial charge in [0.2, 0.25) is 17.4 Å². The van der Waals surface area contributed by atoms with Crippen LogP contribution in [-0.2, 0) is 12.5 Å². The number of benzene rings is 1. The third kappa shape index (κ3) is 3.45. The molecule has 1 aromatic carbocycles. The van der Waals surface area contributed by atoms with Crippen molar-refractivity contribution < 1.29 is 5.11 Å². The van der Waals surface area contributed by atoms with Gasteiger partial charge >= 0.3 is 5.69 Å². The molecular weight excluding hydrogens is 374 g/mol. The largest absolute Gasteiger partial charge is 0.493 e. The molecule has 2 aromatic heterocycles. The lowest BCUT2D eigenvalue weighted by molar-refractivity contribution is 0.416. The molecule has 2 heterocycles. The van der Waals surface area contributed by atoms with Crippen molar-refractivity contribution in [1.29, 1.82) is 5.26 Å². The van der Waals surface area contributed by atoms with E-state index in [1.54, 1.807) is 30.3 Å². The zero-order valence-corrected chi connectivity index (χ0v) is 16.3. The normalized spacial score (nSPS) is 11.7. The number of nitrogens with one attached hydrogen (secondary N) is 1. The van der Waals surface area contributed by atoms with Gasteiger partial charge < -0.3 is 5.11 Å². The van der Waals surface area contributed by atoms with Crippen molar-refractivity contribution in [1.82, 2.24) is 19.3 Å². The average molecular weight is 393 g/mol. The van der Waals surface area contributed by atoms with E-state index in [0.717, 1.165) is 9.13 Å². The van der Waals surface area contributed by atoms with Crippen LogP contribution in [-0.4, -0.2) is 24.4 Å². The molecule has 2 N–H and O–H groups in total. The number of aromatic nitrogens is 4. The van der Waals surface area contributed by atoms with Crippen LogP contribution in [0.15, 0.2) is 50.1 Å². The molecule has 0 aliphatic rings. The summed E-state index contributed by atoms with van der Waals surface area (Å²) in [5.74, 6) is -0.655. The number of para-hydroxylation sites is 1. The molecule has 10 heteroatoms. The second-order valence-corrected chi connectivity index (χ2v) is 7.35. The van der Waals surface area contributed by atoms with E-state index in [4.69, 9.17) is 0 Å². The summed E-state index contributed by atoms with van der Waals surface area (Å²) in [6.07, 6.45) is 0. The first-order valence-electron chi connectivity index (χ1n) is 8.68. The standard InChI is InChI=1S/C19H19N7O3/c1-19(2,3)14-12(10-20)15(24-22-14)23-21-13-16(27)25(4)18(29)26(17(13)28)11-8-6-5-7-9-11/h5-9,27H,1-4H3,(H,22,24). The van der Waals surface area contributed by atoms with Gasteiger partial charge in [-0.3, -0.25) is 14.5 Å². The Morgan fingerprint density at radius 2 is 1.83 bits per heavy atom. The summed E-state index contributed by atoms with van der Waals surface area (Å²) >= 11 is 0. The van der Waals surface area contributed by atoms with E-state index in [0.29, 0.717) is 11.4 Å². The Balaban J connectivity index is 2.18. The fourth-order valence-corrected chi connectivity index (χ4v) is 2.73. The second-order valence-electron chi connectivity index (χ2n) is 7.35. The molecular formula is C19H19N7O3. The molecule has 3 rings (SSSR count). The summed E-state index contributed by atoms with van der Waals surface area (Å²) in [6, 6.07) is 10.3. The third-order valence-corrected chi connectivity index (χ3v) is 4.28. The lowest BCUT2D eigenvalue weighted by Gasteiger charge is -2.15. The molecule has 0 spiro atoms. The first-order valence-corrected chi connectivity index (χ1v) is 8.68. The summed E-state index contributed by atoms with van der Waals surface area (Å²) in [4.78, 5) is 25.3. The van der Waals surface area contributed by atoms with E-state index in [1.807, 2.05) is 26.8 Å². The van der Waals surface area contributed by atoms with E-state index in [2.05, 4.69) is 20.4 Å². The summed E-state index contributed by atoms with van der Waals surface area (Å²) in [6.45, 7) is 5.71. The maximum Gasteiger partial charge on any atom is 0.338 e. The summed E-state index contributed by atoms with van der Waals surface area (Å²) in [7, 11) is 1.31. The first kappa shape index (κ1) is 19.8. The van der Waals surface area contributed by atoms with Gasteiger partial charge in [0.1, 0.15) is 11.6 Å². The zero-order valence-electron chi connectivity index (χ0n) is 16.3. The molecule has 0 saturated heterocycles. The molecule has 0 aliphatic carbocycles. The quantitative estimate of drug-likeness (QED) is 0.658. The maximum absolute atomic E-state index is 12.8. The van der Waals surface area contributed by atoms with Crippen molar-refractivity contribution in [2.75, 3.05) is 0 Å². The van der Waals surface area contributed by atoms with Crippen LogP contribution < -0.4 is 11.2 Å². The molecule has 0 unspecified atom stereocenters. The fraction of sp³-hybridized carbons (Fsp3) is 0.263.